The molecule has 2 aromatic carbocycles. The topological polar surface area (TPSA) is 29.1 Å². The summed E-state index contributed by atoms with van der Waals surface area (Å²) in [4.78, 5) is 12.2. The molecule has 120 valence electrons. The molecule has 23 heavy (non-hydrogen) atoms. The zero-order valence-corrected chi connectivity index (χ0v) is 13.4. The number of hydrogen-bond acceptors (Lipinski definition) is 1. The van der Waals surface area contributed by atoms with Gasteiger partial charge in [0.05, 0.1) is 12.5 Å². The summed E-state index contributed by atoms with van der Waals surface area (Å²) in [6, 6.07) is 12.7. The molecule has 0 aromatic heterocycles. The van der Waals surface area contributed by atoms with E-state index in [-0.39, 0.29) is 24.2 Å². The van der Waals surface area contributed by atoms with Gasteiger partial charge in [0.25, 0.3) is 0 Å². The highest BCUT2D eigenvalue weighted by molar-refractivity contribution is 5.79. The second-order valence-corrected chi connectivity index (χ2v) is 6.33. The number of nitrogens with one attached hydrogen (secondary N) is 1. The molecule has 1 atom stereocenters. The summed E-state index contributed by atoms with van der Waals surface area (Å²) >= 11 is 0. The van der Waals surface area contributed by atoms with E-state index >= 15 is 0 Å². The first-order chi connectivity index (χ1) is 11.1. The largest absolute Gasteiger partial charge is 0.349 e. The molecule has 0 spiro atoms. The molecule has 3 rings (SSSR count). The normalized spacial score (nSPS) is 14.9. The quantitative estimate of drug-likeness (QED) is 0.904. The van der Waals surface area contributed by atoms with Crippen LogP contribution in [0.2, 0.25) is 0 Å². The van der Waals surface area contributed by atoms with Crippen molar-refractivity contribution in [2.24, 2.45) is 0 Å². The Morgan fingerprint density at radius 3 is 2.70 bits per heavy atom. The standard InChI is InChI=1S/C20H22FNO/c1-14(17-10-9-16-6-2-3-7-18(16)13-17)22-20(23)12-15-5-4-8-19(21)11-15/h4-5,8-11,13-14H,2-3,6-7,12H2,1H3,(H,22,23). The second kappa shape index (κ2) is 6.95. The second-order valence-electron chi connectivity index (χ2n) is 6.33. The molecule has 1 aliphatic carbocycles. The highest BCUT2D eigenvalue weighted by atomic mass is 19.1. The monoisotopic (exact) mass is 311 g/mol. The fraction of sp³-hybridized carbons (Fsp3) is 0.350. The van der Waals surface area contributed by atoms with Crippen LogP contribution in [0.3, 0.4) is 0 Å². The predicted octanol–water partition coefficient (Wildman–Crippen LogP) is 4.12. The number of aryl methyl sites for hydroxylation is 2. The Labute approximate surface area is 136 Å². The first-order valence-corrected chi connectivity index (χ1v) is 8.27. The van der Waals surface area contributed by atoms with Crippen molar-refractivity contribution in [3.8, 4) is 0 Å². The fourth-order valence-electron chi connectivity index (χ4n) is 3.23. The average molecular weight is 311 g/mol. The van der Waals surface area contributed by atoms with Crippen molar-refractivity contribution in [1.29, 1.82) is 0 Å². The van der Waals surface area contributed by atoms with Crippen molar-refractivity contribution in [3.63, 3.8) is 0 Å². The summed E-state index contributed by atoms with van der Waals surface area (Å²) < 4.78 is 13.2. The van der Waals surface area contributed by atoms with Crippen molar-refractivity contribution in [2.75, 3.05) is 0 Å². The lowest BCUT2D eigenvalue weighted by Crippen LogP contribution is -2.28. The predicted molar refractivity (Wildman–Crippen MR) is 89.7 cm³/mol. The third-order valence-electron chi connectivity index (χ3n) is 4.50. The molecule has 0 bridgehead atoms. The number of carbonyl (C=O) groups is 1. The molecule has 0 heterocycles. The van der Waals surface area contributed by atoms with E-state index in [1.165, 1.54) is 36.1 Å². The molecule has 1 amide bonds. The molecule has 1 aliphatic rings. The summed E-state index contributed by atoms with van der Waals surface area (Å²) in [6.45, 7) is 1.99. The molecule has 2 aromatic rings. The number of halogens is 1. The first-order valence-electron chi connectivity index (χ1n) is 8.27. The van der Waals surface area contributed by atoms with E-state index in [0.29, 0.717) is 5.56 Å². The van der Waals surface area contributed by atoms with E-state index < -0.39 is 0 Å². The summed E-state index contributed by atoms with van der Waals surface area (Å²) in [5.41, 5.74) is 4.69. The third kappa shape index (κ3) is 3.98. The Bertz CT molecular complexity index is 711. The lowest BCUT2D eigenvalue weighted by molar-refractivity contribution is -0.121. The van der Waals surface area contributed by atoms with Crippen LogP contribution in [0.1, 0.15) is 48.1 Å². The van der Waals surface area contributed by atoms with Gasteiger partial charge in [0, 0.05) is 0 Å². The van der Waals surface area contributed by atoms with Gasteiger partial charge in [-0.2, -0.15) is 0 Å². The number of hydrogen-bond donors (Lipinski definition) is 1. The third-order valence-corrected chi connectivity index (χ3v) is 4.50. The first kappa shape index (κ1) is 15.7. The van der Waals surface area contributed by atoms with E-state index in [4.69, 9.17) is 0 Å². The molecule has 3 heteroatoms. The summed E-state index contributed by atoms with van der Waals surface area (Å²) in [5, 5.41) is 3.01. The van der Waals surface area contributed by atoms with Crippen molar-refractivity contribution >= 4 is 5.91 Å². The minimum absolute atomic E-state index is 0.0386. The molecule has 0 radical (unpaired) electrons. The fourth-order valence-corrected chi connectivity index (χ4v) is 3.23. The maximum atomic E-state index is 13.2. The molecule has 0 saturated carbocycles. The number of carbonyl (C=O) groups excluding carboxylic acids is 1. The highest BCUT2D eigenvalue weighted by Gasteiger charge is 2.14. The van der Waals surface area contributed by atoms with Crippen molar-refractivity contribution in [1.82, 2.24) is 5.32 Å². The van der Waals surface area contributed by atoms with Crippen LogP contribution >= 0.6 is 0 Å². The Morgan fingerprint density at radius 1 is 1.13 bits per heavy atom. The Kier molecular flexibility index (Phi) is 4.75. The smallest absolute Gasteiger partial charge is 0.224 e. The van der Waals surface area contributed by atoms with Crippen LogP contribution in [-0.2, 0) is 24.1 Å². The van der Waals surface area contributed by atoms with Gasteiger partial charge in [0.1, 0.15) is 5.82 Å². The van der Waals surface area contributed by atoms with E-state index in [9.17, 15) is 9.18 Å². The van der Waals surface area contributed by atoms with Crippen molar-refractivity contribution in [3.05, 3.63) is 70.5 Å². The molecule has 0 fully saturated rings. The van der Waals surface area contributed by atoms with Crippen LogP contribution in [0, 0.1) is 5.82 Å². The van der Waals surface area contributed by atoms with E-state index in [1.54, 1.807) is 12.1 Å². The number of fused-ring (bicyclic) bond motifs is 1. The van der Waals surface area contributed by atoms with Gasteiger partial charge < -0.3 is 5.32 Å². The van der Waals surface area contributed by atoms with Gasteiger partial charge in [-0.1, -0.05) is 30.3 Å². The molecule has 1 N–H and O–H groups in total. The SMILES string of the molecule is CC(NC(=O)Cc1cccc(F)c1)c1ccc2c(c1)CCCC2. The summed E-state index contributed by atoms with van der Waals surface area (Å²) in [5.74, 6) is -0.390. The van der Waals surface area contributed by atoms with Crippen LogP contribution in [0.4, 0.5) is 4.39 Å². The van der Waals surface area contributed by atoms with Crippen LogP contribution < -0.4 is 5.32 Å². The average Bonchev–Trinajstić information content (AvgIpc) is 2.54. The van der Waals surface area contributed by atoms with E-state index in [2.05, 4.69) is 23.5 Å². The molecule has 0 aliphatic heterocycles. The van der Waals surface area contributed by atoms with Crippen LogP contribution in [0.15, 0.2) is 42.5 Å². The van der Waals surface area contributed by atoms with Gasteiger partial charge in [-0.3, -0.25) is 4.79 Å². The van der Waals surface area contributed by atoms with Crippen molar-refractivity contribution < 1.29 is 9.18 Å². The molecule has 0 saturated heterocycles. The molecular weight excluding hydrogens is 289 g/mol. The lowest BCUT2D eigenvalue weighted by Gasteiger charge is -2.20. The molecular formula is C20H22FNO. The van der Waals surface area contributed by atoms with Gasteiger partial charge in [0.15, 0.2) is 0 Å². The number of amides is 1. The van der Waals surface area contributed by atoms with Gasteiger partial charge in [-0.05, 0) is 67.0 Å². The number of rotatable bonds is 4. The maximum Gasteiger partial charge on any atom is 0.224 e. The Morgan fingerprint density at radius 2 is 1.91 bits per heavy atom. The van der Waals surface area contributed by atoms with Crippen LogP contribution in [0.25, 0.3) is 0 Å². The molecule has 2 nitrogen and oxygen atoms in total. The van der Waals surface area contributed by atoms with Gasteiger partial charge in [-0.15, -0.1) is 0 Å². The summed E-state index contributed by atoms with van der Waals surface area (Å²) in [7, 11) is 0. The highest BCUT2D eigenvalue weighted by Crippen LogP contribution is 2.24. The number of benzene rings is 2. The minimum atomic E-state index is -0.307. The maximum absolute atomic E-state index is 13.2. The van der Waals surface area contributed by atoms with E-state index in [1.807, 2.05) is 6.92 Å². The van der Waals surface area contributed by atoms with Crippen LogP contribution in [-0.4, -0.2) is 5.91 Å². The minimum Gasteiger partial charge on any atom is -0.349 e. The zero-order chi connectivity index (χ0) is 16.2. The van der Waals surface area contributed by atoms with Gasteiger partial charge >= 0.3 is 0 Å². The Balaban J connectivity index is 1.64. The van der Waals surface area contributed by atoms with Gasteiger partial charge in [0.2, 0.25) is 5.91 Å². The summed E-state index contributed by atoms with van der Waals surface area (Å²) in [6.07, 6.45) is 5.01. The molecule has 1 unspecified atom stereocenters. The van der Waals surface area contributed by atoms with Crippen LogP contribution in [0.5, 0.6) is 0 Å². The van der Waals surface area contributed by atoms with Gasteiger partial charge in [-0.25, -0.2) is 4.39 Å². The lowest BCUT2D eigenvalue weighted by atomic mass is 9.89. The van der Waals surface area contributed by atoms with Crippen molar-refractivity contribution in [2.45, 2.75) is 45.1 Å². The Hall–Kier alpha value is -2.16. The van der Waals surface area contributed by atoms with E-state index in [0.717, 1.165) is 18.4 Å². The zero-order valence-electron chi connectivity index (χ0n) is 13.4.